The molecule has 0 amide bonds. The van der Waals surface area contributed by atoms with Crippen molar-refractivity contribution in [1.82, 2.24) is 15.0 Å². The fourth-order valence-corrected chi connectivity index (χ4v) is 3.91. The van der Waals surface area contributed by atoms with Crippen molar-refractivity contribution in [2.75, 3.05) is 31.9 Å². The third-order valence-corrected chi connectivity index (χ3v) is 5.81. The quantitative estimate of drug-likeness (QED) is 0.147. The number of carbonyl (C=O) groups excluding carboxylic acids is 2. The van der Waals surface area contributed by atoms with Gasteiger partial charge in [0.2, 0.25) is 5.92 Å². The molecule has 0 saturated heterocycles. The summed E-state index contributed by atoms with van der Waals surface area (Å²) >= 11 is 7.23. The molecule has 3 rings (SSSR count). The highest BCUT2D eigenvalue weighted by Gasteiger charge is 2.34. The van der Waals surface area contributed by atoms with Crippen molar-refractivity contribution in [2.24, 2.45) is 5.73 Å². The van der Waals surface area contributed by atoms with Crippen LogP contribution in [0.3, 0.4) is 0 Å². The van der Waals surface area contributed by atoms with E-state index < -0.39 is 17.9 Å². The maximum atomic E-state index is 11.8. The minimum absolute atomic E-state index is 0.222. The maximum Gasteiger partial charge on any atom is 0.327 e. The molecular weight excluding hydrogens is 484 g/mol. The zero-order valence-electron chi connectivity index (χ0n) is 18.0. The molecule has 0 aliphatic carbocycles. The molecular formula is C20H22N6O4S3. The van der Waals surface area contributed by atoms with Crippen molar-refractivity contribution in [3.63, 3.8) is 0 Å². The van der Waals surface area contributed by atoms with Gasteiger partial charge in [0.1, 0.15) is 26.5 Å². The average Bonchev–Trinajstić information content (AvgIpc) is 3.20. The number of nitrogens with zero attached hydrogens (tertiary/aromatic N) is 3. The minimum Gasteiger partial charge on any atom is -0.468 e. The summed E-state index contributed by atoms with van der Waals surface area (Å²) in [5, 5.41) is 1.30. The second kappa shape index (κ2) is 12.1. The molecule has 2 aromatic heterocycles. The Morgan fingerprint density at radius 2 is 1.70 bits per heavy atom. The van der Waals surface area contributed by atoms with E-state index >= 15 is 0 Å². The van der Waals surface area contributed by atoms with Gasteiger partial charge in [-0.2, -0.15) is 0 Å². The highest BCUT2D eigenvalue weighted by Crippen LogP contribution is 2.34. The van der Waals surface area contributed by atoms with Crippen molar-refractivity contribution in [3.8, 4) is 11.3 Å². The lowest BCUT2D eigenvalue weighted by molar-refractivity contribution is -0.154. The number of thiazole rings is 1. The summed E-state index contributed by atoms with van der Waals surface area (Å²) in [6, 6.07) is 9.28. The lowest BCUT2D eigenvalue weighted by Gasteiger charge is -2.09. The maximum absolute atomic E-state index is 11.8. The van der Waals surface area contributed by atoms with E-state index in [4.69, 9.17) is 29.4 Å². The van der Waals surface area contributed by atoms with Gasteiger partial charge in [-0.1, -0.05) is 65.6 Å². The van der Waals surface area contributed by atoms with Gasteiger partial charge in [0.25, 0.3) is 0 Å². The lowest BCUT2D eigenvalue weighted by atomic mass is 10.1. The first-order valence-corrected chi connectivity index (χ1v) is 11.6. The molecule has 0 saturated carbocycles. The van der Waals surface area contributed by atoms with Gasteiger partial charge in [-0.05, 0) is 6.26 Å². The molecule has 174 valence electrons. The SMILES string of the molecule is COC(=O)C(C(=O)OC)c1nc(-c2ccccc2)c(N)s1.CSc1ncc(C(N)=S)c(N)n1. The van der Waals surface area contributed by atoms with Crippen LogP contribution in [0.1, 0.15) is 16.5 Å². The van der Waals surface area contributed by atoms with Crippen LogP contribution in [0, 0.1) is 0 Å². The van der Waals surface area contributed by atoms with Crippen molar-refractivity contribution in [2.45, 2.75) is 11.1 Å². The van der Waals surface area contributed by atoms with Crippen molar-refractivity contribution in [1.29, 1.82) is 0 Å². The van der Waals surface area contributed by atoms with Gasteiger partial charge >= 0.3 is 11.9 Å². The summed E-state index contributed by atoms with van der Waals surface area (Å²) in [6.07, 6.45) is 3.41. The largest absolute Gasteiger partial charge is 0.468 e. The van der Waals surface area contributed by atoms with Crippen LogP contribution in [0.5, 0.6) is 0 Å². The summed E-state index contributed by atoms with van der Waals surface area (Å²) in [5.41, 5.74) is 18.8. The number of hydrogen-bond acceptors (Lipinski definition) is 12. The molecule has 0 fully saturated rings. The number of rotatable bonds is 6. The fourth-order valence-electron chi connectivity index (χ4n) is 2.48. The number of anilines is 2. The highest BCUT2D eigenvalue weighted by atomic mass is 32.2. The molecule has 33 heavy (non-hydrogen) atoms. The van der Waals surface area contributed by atoms with Crippen LogP contribution in [-0.4, -0.2) is 52.4 Å². The zero-order valence-corrected chi connectivity index (χ0v) is 20.4. The predicted molar refractivity (Wildman–Crippen MR) is 133 cm³/mol. The molecule has 0 aliphatic heterocycles. The van der Waals surface area contributed by atoms with Crippen molar-refractivity contribution >= 4 is 63.1 Å². The van der Waals surface area contributed by atoms with E-state index in [9.17, 15) is 9.59 Å². The molecule has 0 aliphatic rings. The van der Waals surface area contributed by atoms with Gasteiger partial charge in [-0.3, -0.25) is 9.59 Å². The molecule has 13 heteroatoms. The summed E-state index contributed by atoms with van der Waals surface area (Å²) in [6.45, 7) is 0. The van der Waals surface area contributed by atoms with Crippen LogP contribution in [-0.2, 0) is 19.1 Å². The molecule has 2 heterocycles. The van der Waals surface area contributed by atoms with E-state index in [2.05, 4.69) is 24.4 Å². The molecule has 0 radical (unpaired) electrons. The summed E-state index contributed by atoms with van der Waals surface area (Å²) in [4.78, 5) is 36.0. The summed E-state index contributed by atoms with van der Waals surface area (Å²) in [7, 11) is 2.40. The van der Waals surface area contributed by atoms with E-state index in [1.807, 2.05) is 36.6 Å². The number of carbonyl (C=O) groups is 2. The van der Waals surface area contributed by atoms with Crippen LogP contribution >= 0.6 is 35.3 Å². The van der Waals surface area contributed by atoms with E-state index in [0.717, 1.165) is 16.9 Å². The smallest absolute Gasteiger partial charge is 0.327 e. The monoisotopic (exact) mass is 506 g/mol. The summed E-state index contributed by atoms with van der Waals surface area (Å²) in [5.74, 6) is -2.34. The van der Waals surface area contributed by atoms with Gasteiger partial charge < -0.3 is 26.7 Å². The number of methoxy groups -OCH3 is 2. The zero-order chi connectivity index (χ0) is 24.5. The van der Waals surface area contributed by atoms with Crippen molar-refractivity contribution in [3.05, 3.63) is 47.1 Å². The molecule has 10 nitrogen and oxygen atoms in total. The molecule has 1 aromatic carbocycles. The number of nitrogens with two attached hydrogens (primary N) is 3. The number of thioether (sulfide) groups is 1. The minimum atomic E-state index is -1.22. The third kappa shape index (κ3) is 6.60. The Morgan fingerprint density at radius 1 is 1.09 bits per heavy atom. The Kier molecular flexibility index (Phi) is 9.51. The number of aromatic nitrogens is 3. The average molecular weight is 507 g/mol. The Morgan fingerprint density at radius 3 is 2.18 bits per heavy atom. The molecule has 0 unspecified atom stereocenters. The van der Waals surface area contributed by atoms with E-state index in [-0.39, 0.29) is 10.00 Å². The lowest BCUT2D eigenvalue weighted by Crippen LogP contribution is -2.24. The number of hydrogen-bond donors (Lipinski definition) is 3. The first-order valence-electron chi connectivity index (χ1n) is 9.17. The Balaban J connectivity index is 0.000000273. The number of ether oxygens (including phenoxy) is 2. The number of benzene rings is 1. The van der Waals surface area contributed by atoms with Gasteiger partial charge in [0.15, 0.2) is 5.16 Å². The van der Waals surface area contributed by atoms with Gasteiger partial charge in [-0.15, -0.1) is 0 Å². The first-order chi connectivity index (χ1) is 15.7. The first kappa shape index (κ1) is 26.0. The Bertz CT molecular complexity index is 1120. The summed E-state index contributed by atoms with van der Waals surface area (Å²) < 4.78 is 9.26. The molecule has 0 atom stereocenters. The van der Waals surface area contributed by atoms with Crippen LogP contribution in [0.15, 0.2) is 41.7 Å². The van der Waals surface area contributed by atoms with E-state index in [1.165, 1.54) is 32.2 Å². The second-order valence-electron chi connectivity index (χ2n) is 6.13. The van der Waals surface area contributed by atoms with Gasteiger partial charge in [0, 0.05) is 11.8 Å². The van der Waals surface area contributed by atoms with E-state index in [0.29, 0.717) is 27.2 Å². The normalized spacial score (nSPS) is 10.2. The topological polar surface area (TPSA) is 169 Å². The van der Waals surface area contributed by atoms with E-state index in [1.54, 1.807) is 0 Å². The molecule has 3 aromatic rings. The van der Waals surface area contributed by atoms with Crippen molar-refractivity contribution < 1.29 is 19.1 Å². The number of nitrogen functional groups attached to an aromatic ring is 2. The van der Waals surface area contributed by atoms with Crippen LogP contribution in [0.4, 0.5) is 10.8 Å². The number of esters is 2. The van der Waals surface area contributed by atoms with Gasteiger partial charge in [-0.25, -0.2) is 15.0 Å². The number of thiocarbonyl (C=S) groups is 1. The Hall–Kier alpha value is -3.29. The van der Waals surface area contributed by atoms with Crippen LogP contribution < -0.4 is 17.2 Å². The van der Waals surface area contributed by atoms with Crippen LogP contribution in [0.2, 0.25) is 0 Å². The van der Waals surface area contributed by atoms with Gasteiger partial charge in [0.05, 0.1) is 19.8 Å². The fraction of sp³-hybridized carbons (Fsp3) is 0.200. The highest BCUT2D eigenvalue weighted by molar-refractivity contribution is 7.98. The second-order valence-corrected chi connectivity index (χ2v) is 8.41. The molecule has 0 spiro atoms. The van der Waals surface area contributed by atoms with Crippen LogP contribution in [0.25, 0.3) is 11.3 Å². The predicted octanol–water partition coefficient (Wildman–Crippen LogP) is 2.24. The molecule has 6 N–H and O–H groups in total. The third-order valence-electron chi connectivity index (χ3n) is 4.08. The Labute approximate surface area is 203 Å². The standard InChI is InChI=1S/C14H14N2O4S.C6H8N4S2/c1-19-13(17)9(14(18)20-2)12-16-10(11(15)21-12)8-6-4-3-5-7-8;1-12-6-9-2-3(5(8)11)4(7)10-6/h3-7,9H,15H2,1-2H3;2H,1H3,(H2,8,11)(H2,7,9,10). The molecule has 0 bridgehead atoms.